The Balaban J connectivity index is 2.03. The van der Waals surface area contributed by atoms with Crippen molar-refractivity contribution in [1.29, 1.82) is 0 Å². The second-order valence-corrected chi connectivity index (χ2v) is 5.11. The van der Waals surface area contributed by atoms with E-state index in [1.54, 1.807) is 6.39 Å². The molecule has 0 spiro atoms. The Kier molecular flexibility index (Phi) is 2.91. The largest absolute Gasteiger partial charge is 0.441 e. The van der Waals surface area contributed by atoms with Gasteiger partial charge < -0.3 is 8.98 Å². The van der Waals surface area contributed by atoms with Gasteiger partial charge >= 0.3 is 0 Å². The van der Waals surface area contributed by atoms with Gasteiger partial charge in [-0.3, -0.25) is 0 Å². The average molecular weight is 232 g/mol. The standard InChI is InChI=1S/C14H20N2O/c1-16-12-9-7-5-3-2-4-6-8-11(12)13-14(16)15-10-17-13/h10H,2-9H2,1H3. The van der Waals surface area contributed by atoms with Gasteiger partial charge in [0.15, 0.2) is 17.6 Å². The first-order valence-corrected chi connectivity index (χ1v) is 6.77. The number of fused-ring (bicyclic) bond motifs is 3. The molecule has 17 heavy (non-hydrogen) atoms. The molecule has 0 radical (unpaired) electrons. The molecule has 1 aliphatic rings. The van der Waals surface area contributed by atoms with Crippen LogP contribution in [0, 0.1) is 0 Å². The molecule has 3 rings (SSSR count). The predicted octanol–water partition coefficient (Wildman–Crippen LogP) is 3.61. The minimum Gasteiger partial charge on any atom is -0.441 e. The molecule has 1 aliphatic carbocycles. The Hall–Kier alpha value is -1.25. The third kappa shape index (κ3) is 1.88. The highest BCUT2D eigenvalue weighted by atomic mass is 16.3. The Bertz CT molecular complexity index is 509. The monoisotopic (exact) mass is 232 g/mol. The summed E-state index contributed by atoms with van der Waals surface area (Å²) in [6.45, 7) is 0. The van der Waals surface area contributed by atoms with Crippen LogP contribution in [0.1, 0.15) is 49.8 Å². The predicted molar refractivity (Wildman–Crippen MR) is 68.1 cm³/mol. The molecule has 3 heteroatoms. The Morgan fingerprint density at radius 3 is 2.59 bits per heavy atom. The zero-order valence-electron chi connectivity index (χ0n) is 10.5. The molecule has 2 aromatic heterocycles. The number of hydrogen-bond acceptors (Lipinski definition) is 2. The maximum absolute atomic E-state index is 5.57. The van der Waals surface area contributed by atoms with E-state index >= 15 is 0 Å². The Morgan fingerprint density at radius 1 is 1.06 bits per heavy atom. The van der Waals surface area contributed by atoms with Gasteiger partial charge in [-0.05, 0) is 25.7 Å². The zero-order valence-corrected chi connectivity index (χ0v) is 10.5. The topological polar surface area (TPSA) is 31.0 Å². The van der Waals surface area contributed by atoms with Crippen LogP contribution >= 0.6 is 0 Å². The molecular formula is C14H20N2O. The fraction of sp³-hybridized carbons (Fsp3) is 0.643. The van der Waals surface area contributed by atoms with Crippen LogP contribution in [0.3, 0.4) is 0 Å². The molecule has 0 amide bonds. The van der Waals surface area contributed by atoms with E-state index in [0.29, 0.717) is 0 Å². The van der Waals surface area contributed by atoms with E-state index in [1.165, 1.54) is 56.2 Å². The maximum atomic E-state index is 5.57. The molecular weight excluding hydrogens is 212 g/mol. The molecule has 0 aliphatic heterocycles. The maximum Gasteiger partial charge on any atom is 0.183 e. The Morgan fingerprint density at radius 2 is 1.76 bits per heavy atom. The quantitative estimate of drug-likeness (QED) is 0.694. The number of rotatable bonds is 0. The van der Waals surface area contributed by atoms with Crippen LogP contribution < -0.4 is 0 Å². The van der Waals surface area contributed by atoms with Crippen LogP contribution in [-0.2, 0) is 19.9 Å². The van der Waals surface area contributed by atoms with Crippen molar-refractivity contribution in [2.24, 2.45) is 7.05 Å². The van der Waals surface area contributed by atoms with E-state index in [-0.39, 0.29) is 0 Å². The van der Waals surface area contributed by atoms with E-state index < -0.39 is 0 Å². The van der Waals surface area contributed by atoms with Gasteiger partial charge in [0.1, 0.15) is 0 Å². The van der Waals surface area contributed by atoms with Gasteiger partial charge in [0.2, 0.25) is 0 Å². The fourth-order valence-corrected chi connectivity index (χ4v) is 3.02. The average Bonchev–Trinajstić information content (AvgIpc) is 2.90. The highest BCUT2D eigenvalue weighted by Crippen LogP contribution is 2.28. The lowest BCUT2D eigenvalue weighted by Crippen LogP contribution is -2.02. The number of oxazole rings is 1. The van der Waals surface area contributed by atoms with E-state index in [9.17, 15) is 0 Å². The summed E-state index contributed by atoms with van der Waals surface area (Å²) in [5.41, 5.74) is 4.92. The zero-order chi connectivity index (χ0) is 11.7. The molecule has 0 fully saturated rings. The minimum absolute atomic E-state index is 1.02. The van der Waals surface area contributed by atoms with Crippen molar-refractivity contribution in [3.8, 4) is 0 Å². The third-order valence-corrected chi connectivity index (χ3v) is 3.98. The van der Waals surface area contributed by atoms with Crippen molar-refractivity contribution in [3.63, 3.8) is 0 Å². The SMILES string of the molecule is Cn1c2c(c3ocnc31)CCCCCCCC2. The molecule has 0 atom stereocenters. The number of aromatic nitrogens is 2. The summed E-state index contributed by atoms with van der Waals surface area (Å²) in [5, 5.41) is 0. The summed E-state index contributed by atoms with van der Waals surface area (Å²) < 4.78 is 7.81. The highest BCUT2D eigenvalue weighted by Gasteiger charge is 2.18. The van der Waals surface area contributed by atoms with Crippen LogP contribution in [0.4, 0.5) is 0 Å². The van der Waals surface area contributed by atoms with Crippen molar-refractivity contribution >= 4 is 11.2 Å². The molecule has 3 nitrogen and oxygen atoms in total. The van der Waals surface area contributed by atoms with E-state index in [2.05, 4.69) is 16.6 Å². The third-order valence-electron chi connectivity index (χ3n) is 3.98. The lowest BCUT2D eigenvalue weighted by atomic mass is 9.99. The number of nitrogens with zero attached hydrogens (tertiary/aromatic N) is 2. The molecule has 2 aromatic rings. The van der Waals surface area contributed by atoms with Gasteiger partial charge in [0.25, 0.3) is 0 Å². The van der Waals surface area contributed by atoms with Crippen LogP contribution in [0.5, 0.6) is 0 Å². The smallest absolute Gasteiger partial charge is 0.183 e. The van der Waals surface area contributed by atoms with Crippen molar-refractivity contribution in [2.75, 3.05) is 0 Å². The van der Waals surface area contributed by atoms with Gasteiger partial charge in [-0.15, -0.1) is 0 Å². The van der Waals surface area contributed by atoms with Crippen LogP contribution in [0.25, 0.3) is 11.2 Å². The summed E-state index contributed by atoms with van der Waals surface area (Å²) in [4.78, 5) is 4.33. The summed E-state index contributed by atoms with van der Waals surface area (Å²) in [5.74, 6) is 0. The van der Waals surface area contributed by atoms with Crippen molar-refractivity contribution in [3.05, 3.63) is 17.7 Å². The highest BCUT2D eigenvalue weighted by molar-refractivity contribution is 5.76. The molecule has 0 aromatic carbocycles. The lowest BCUT2D eigenvalue weighted by molar-refractivity contribution is 0.563. The molecule has 2 heterocycles. The Labute approximate surface area is 102 Å². The van der Waals surface area contributed by atoms with Crippen LogP contribution in [-0.4, -0.2) is 9.55 Å². The first-order valence-electron chi connectivity index (χ1n) is 6.77. The van der Waals surface area contributed by atoms with Gasteiger partial charge in [-0.2, -0.15) is 4.98 Å². The van der Waals surface area contributed by atoms with E-state index in [1.807, 2.05) is 0 Å². The number of hydrogen-bond donors (Lipinski definition) is 0. The first kappa shape index (κ1) is 10.9. The molecule has 0 saturated heterocycles. The van der Waals surface area contributed by atoms with Gasteiger partial charge in [-0.25, -0.2) is 0 Å². The van der Waals surface area contributed by atoms with Crippen molar-refractivity contribution < 1.29 is 4.42 Å². The van der Waals surface area contributed by atoms with Gasteiger partial charge in [0, 0.05) is 18.3 Å². The van der Waals surface area contributed by atoms with E-state index in [0.717, 1.165) is 17.7 Å². The van der Waals surface area contributed by atoms with Gasteiger partial charge in [0.05, 0.1) is 0 Å². The fourth-order valence-electron chi connectivity index (χ4n) is 3.02. The van der Waals surface area contributed by atoms with Crippen LogP contribution in [0.15, 0.2) is 10.8 Å². The molecule has 0 N–H and O–H groups in total. The van der Waals surface area contributed by atoms with E-state index in [4.69, 9.17) is 4.42 Å². The summed E-state index contributed by atoms with van der Waals surface area (Å²) in [6, 6.07) is 0. The molecule has 0 unspecified atom stereocenters. The first-order chi connectivity index (χ1) is 8.38. The summed E-state index contributed by atoms with van der Waals surface area (Å²) in [7, 11) is 2.12. The lowest BCUT2D eigenvalue weighted by Gasteiger charge is -2.10. The second kappa shape index (κ2) is 4.55. The molecule has 0 saturated carbocycles. The molecule has 0 bridgehead atoms. The second-order valence-electron chi connectivity index (χ2n) is 5.11. The minimum atomic E-state index is 1.02. The summed E-state index contributed by atoms with van der Waals surface area (Å²) >= 11 is 0. The number of aryl methyl sites for hydroxylation is 2. The van der Waals surface area contributed by atoms with Crippen molar-refractivity contribution in [1.82, 2.24) is 9.55 Å². The molecule has 92 valence electrons. The van der Waals surface area contributed by atoms with Crippen molar-refractivity contribution in [2.45, 2.75) is 51.4 Å². The van der Waals surface area contributed by atoms with Gasteiger partial charge in [-0.1, -0.05) is 25.7 Å². The summed E-state index contributed by atoms with van der Waals surface area (Å²) in [6.07, 6.45) is 12.0. The normalized spacial score (nSPS) is 18.2. The van der Waals surface area contributed by atoms with Crippen LogP contribution in [0.2, 0.25) is 0 Å².